The molecule has 1 saturated heterocycles. The van der Waals surface area contributed by atoms with Crippen LogP contribution < -0.4 is 5.56 Å². The number of nitrogens with one attached hydrogen (secondary N) is 1. The molecule has 0 atom stereocenters. The molecule has 0 bridgehead atoms. The Balaban J connectivity index is 1.53. The lowest BCUT2D eigenvalue weighted by Gasteiger charge is -2.22. The molecule has 2 aliphatic heterocycles. The number of rotatable bonds is 2. The summed E-state index contributed by atoms with van der Waals surface area (Å²) in [5, 5.41) is 4.55. The number of fused-ring (bicyclic) bond motifs is 2. The molecule has 2 aromatic heterocycles. The van der Waals surface area contributed by atoms with Gasteiger partial charge in [-0.1, -0.05) is 12.8 Å². The van der Waals surface area contributed by atoms with Crippen LogP contribution in [0.1, 0.15) is 66.2 Å². The van der Waals surface area contributed by atoms with E-state index < -0.39 is 0 Å². The topological polar surface area (TPSA) is 79.7 Å². The normalized spacial score (nSPS) is 22.2. The lowest BCUT2D eigenvalue weighted by atomic mass is 9.97. The Bertz CT molecular complexity index is 888. The number of carbonyl (C=O) groups excluding carboxylic acids is 1. The van der Waals surface area contributed by atoms with Crippen LogP contribution in [0.4, 0.5) is 0 Å². The van der Waals surface area contributed by atoms with Gasteiger partial charge < -0.3 is 14.6 Å². The summed E-state index contributed by atoms with van der Waals surface area (Å²) >= 11 is 0. The summed E-state index contributed by atoms with van der Waals surface area (Å²) in [6.07, 6.45) is 6.25. The third kappa shape index (κ3) is 2.33. The molecular formula is C18H22N4O3. The molecule has 0 spiro atoms. The first-order valence-electron chi connectivity index (χ1n) is 9.26. The van der Waals surface area contributed by atoms with Gasteiger partial charge in [-0.2, -0.15) is 9.61 Å². The SMILES string of the molecule is O=C1c2[nH]c3cc(C4CCOCC4)nn3c(=O)c2CN1C1CCCC1. The average Bonchev–Trinajstić information content (AvgIpc) is 3.36. The van der Waals surface area contributed by atoms with E-state index in [0.717, 1.165) is 57.4 Å². The highest BCUT2D eigenvalue weighted by Crippen LogP contribution is 2.31. The van der Waals surface area contributed by atoms with Crippen LogP contribution in [0.3, 0.4) is 0 Å². The maximum absolute atomic E-state index is 12.9. The van der Waals surface area contributed by atoms with Crippen molar-refractivity contribution in [2.75, 3.05) is 13.2 Å². The number of carbonyl (C=O) groups is 1. The first-order valence-corrected chi connectivity index (χ1v) is 9.26. The minimum absolute atomic E-state index is 0.0321. The van der Waals surface area contributed by atoms with Crippen LogP contribution in [0.25, 0.3) is 5.65 Å². The number of aromatic nitrogens is 3. The molecule has 2 fully saturated rings. The predicted molar refractivity (Wildman–Crippen MR) is 90.7 cm³/mol. The van der Waals surface area contributed by atoms with Crippen molar-refractivity contribution in [1.29, 1.82) is 0 Å². The van der Waals surface area contributed by atoms with Gasteiger partial charge in [-0.3, -0.25) is 9.59 Å². The molecule has 25 heavy (non-hydrogen) atoms. The van der Waals surface area contributed by atoms with Crippen LogP contribution in [0.5, 0.6) is 0 Å². The fourth-order valence-electron chi connectivity index (χ4n) is 4.50. The second-order valence-electron chi connectivity index (χ2n) is 7.41. The summed E-state index contributed by atoms with van der Waals surface area (Å²) < 4.78 is 6.84. The van der Waals surface area contributed by atoms with Crippen LogP contribution in [0.15, 0.2) is 10.9 Å². The van der Waals surface area contributed by atoms with Crippen LogP contribution in [0, 0.1) is 0 Å². The van der Waals surface area contributed by atoms with Crippen molar-refractivity contribution in [3.63, 3.8) is 0 Å². The van der Waals surface area contributed by atoms with Crippen LogP contribution in [-0.4, -0.2) is 44.7 Å². The Hall–Kier alpha value is -2.15. The van der Waals surface area contributed by atoms with Crippen LogP contribution >= 0.6 is 0 Å². The van der Waals surface area contributed by atoms with E-state index >= 15 is 0 Å². The second-order valence-corrected chi connectivity index (χ2v) is 7.41. The number of H-pyrrole nitrogens is 1. The first kappa shape index (κ1) is 15.1. The molecule has 0 unspecified atom stereocenters. The van der Waals surface area contributed by atoms with Crippen LogP contribution in [0.2, 0.25) is 0 Å². The zero-order valence-electron chi connectivity index (χ0n) is 14.2. The van der Waals surface area contributed by atoms with E-state index in [1.54, 1.807) is 0 Å². The number of ether oxygens (including phenoxy) is 1. The van der Waals surface area contributed by atoms with Crippen molar-refractivity contribution in [3.8, 4) is 0 Å². The predicted octanol–water partition coefficient (Wildman–Crippen LogP) is 1.81. The summed E-state index contributed by atoms with van der Waals surface area (Å²) in [6.45, 7) is 1.88. The average molecular weight is 342 g/mol. The highest BCUT2D eigenvalue weighted by molar-refractivity contribution is 5.97. The van der Waals surface area contributed by atoms with E-state index in [9.17, 15) is 9.59 Å². The van der Waals surface area contributed by atoms with Crippen molar-refractivity contribution in [2.45, 2.75) is 57.0 Å². The highest BCUT2D eigenvalue weighted by Gasteiger charge is 2.37. The zero-order valence-corrected chi connectivity index (χ0v) is 14.2. The molecular weight excluding hydrogens is 320 g/mol. The molecule has 0 radical (unpaired) electrons. The Morgan fingerprint density at radius 1 is 1.12 bits per heavy atom. The Kier molecular flexibility index (Phi) is 3.45. The molecule has 4 heterocycles. The summed E-state index contributed by atoms with van der Waals surface area (Å²) in [5.74, 6) is 0.289. The zero-order chi connectivity index (χ0) is 17.0. The van der Waals surface area contributed by atoms with Crippen molar-refractivity contribution >= 4 is 11.6 Å². The third-order valence-electron chi connectivity index (χ3n) is 5.94. The second kappa shape index (κ2) is 5.69. The Morgan fingerprint density at radius 2 is 1.88 bits per heavy atom. The van der Waals surface area contributed by atoms with Gasteiger partial charge >= 0.3 is 0 Å². The Morgan fingerprint density at radius 3 is 2.64 bits per heavy atom. The fraction of sp³-hybridized carbons (Fsp3) is 0.611. The van der Waals surface area contributed by atoms with Gasteiger partial charge in [0.15, 0.2) is 0 Å². The summed E-state index contributed by atoms with van der Waals surface area (Å²) in [7, 11) is 0. The molecule has 1 saturated carbocycles. The van der Waals surface area contributed by atoms with Gasteiger partial charge in [0, 0.05) is 31.2 Å². The number of amides is 1. The third-order valence-corrected chi connectivity index (χ3v) is 5.94. The molecule has 7 heteroatoms. The van der Waals surface area contributed by atoms with Gasteiger partial charge in [0.05, 0.1) is 17.8 Å². The van der Waals surface area contributed by atoms with E-state index in [-0.39, 0.29) is 17.5 Å². The summed E-state index contributed by atoms with van der Waals surface area (Å²) in [6, 6.07) is 2.20. The standard InChI is InChI=1S/C18H22N4O3/c23-17-13-10-21(12-3-1-2-4-12)18(24)16(13)19-15-9-14(20-22(15)17)11-5-7-25-8-6-11/h9,11-12,19H,1-8,10H2. The van der Waals surface area contributed by atoms with Crippen molar-refractivity contribution < 1.29 is 9.53 Å². The van der Waals surface area contributed by atoms with Crippen molar-refractivity contribution in [2.24, 2.45) is 0 Å². The van der Waals surface area contributed by atoms with E-state index in [2.05, 4.69) is 10.1 Å². The highest BCUT2D eigenvalue weighted by atomic mass is 16.5. The Labute approximate surface area is 145 Å². The molecule has 1 amide bonds. The first-order chi connectivity index (χ1) is 12.2. The van der Waals surface area contributed by atoms with E-state index in [1.807, 2.05) is 11.0 Å². The van der Waals surface area contributed by atoms with Crippen molar-refractivity contribution in [1.82, 2.24) is 19.5 Å². The number of aromatic amines is 1. The largest absolute Gasteiger partial charge is 0.381 e. The molecule has 2 aromatic rings. The molecule has 7 nitrogen and oxygen atoms in total. The number of nitrogens with zero attached hydrogens (tertiary/aromatic N) is 3. The quantitative estimate of drug-likeness (QED) is 0.903. The van der Waals surface area contributed by atoms with Gasteiger partial charge in [0.2, 0.25) is 0 Å². The maximum atomic E-state index is 12.9. The minimum atomic E-state index is -0.157. The van der Waals surface area contributed by atoms with Crippen LogP contribution in [-0.2, 0) is 11.3 Å². The van der Waals surface area contributed by atoms with Gasteiger partial charge in [-0.15, -0.1) is 0 Å². The van der Waals surface area contributed by atoms with Gasteiger partial charge in [-0.05, 0) is 25.7 Å². The number of hydrogen-bond donors (Lipinski definition) is 1. The molecule has 1 aliphatic carbocycles. The smallest absolute Gasteiger partial charge is 0.280 e. The molecule has 5 rings (SSSR count). The van der Waals surface area contributed by atoms with E-state index in [4.69, 9.17) is 4.74 Å². The fourth-order valence-corrected chi connectivity index (χ4v) is 4.50. The molecule has 132 valence electrons. The van der Waals surface area contributed by atoms with Gasteiger partial charge in [0.1, 0.15) is 11.3 Å². The van der Waals surface area contributed by atoms with Crippen molar-refractivity contribution in [3.05, 3.63) is 33.4 Å². The molecule has 1 N–H and O–H groups in total. The molecule has 3 aliphatic rings. The molecule has 0 aromatic carbocycles. The monoisotopic (exact) mass is 342 g/mol. The maximum Gasteiger partial charge on any atom is 0.280 e. The number of hydrogen-bond acceptors (Lipinski definition) is 4. The van der Waals surface area contributed by atoms with Gasteiger partial charge in [0.25, 0.3) is 11.5 Å². The van der Waals surface area contributed by atoms with E-state index in [0.29, 0.717) is 29.4 Å². The summed E-state index contributed by atoms with van der Waals surface area (Å²) in [5.41, 5.74) is 2.40. The minimum Gasteiger partial charge on any atom is -0.381 e. The lowest BCUT2D eigenvalue weighted by Crippen LogP contribution is -2.33. The van der Waals surface area contributed by atoms with Gasteiger partial charge in [-0.25, -0.2) is 0 Å². The lowest BCUT2D eigenvalue weighted by molar-refractivity contribution is 0.0703. The summed E-state index contributed by atoms with van der Waals surface area (Å²) in [4.78, 5) is 30.8. The van der Waals surface area contributed by atoms with E-state index in [1.165, 1.54) is 4.52 Å².